The quantitative estimate of drug-likeness (QED) is 0.912. The van der Waals surface area contributed by atoms with Gasteiger partial charge in [0.15, 0.2) is 0 Å². The lowest BCUT2D eigenvalue weighted by Gasteiger charge is -2.30. The first-order valence-corrected chi connectivity index (χ1v) is 7.69. The number of rotatable bonds is 4. The van der Waals surface area contributed by atoms with Crippen LogP contribution in [0.2, 0.25) is 0 Å². The topological polar surface area (TPSA) is 50.1 Å². The summed E-state index contributed by atoms with van der Waals surface area (Å²) in [5.41, 5.74) is 2.03. The fourth-order valence-electron chi connectivity index (χ4n) is 3.12. The maximum absolute atomic E-state index is 13.4. The van der Waals surface area contributed by atoms with Crippen LogP contribution >= 0.6 is 0 Å². The number of nitrogens with zero attached hydrogens (tertiary/aromatic N) is 2. The summed E-state index contributed by atoms with van der Waals surface area (Å²) in [5, 5.41) is 18.2. The number of aliphatic hydroxyl groups is 1. The number of aryl methyl sites for hydroxylation is 2. The third-order valence-electron chi connectivity index (χ3n) is 4.44. The molecule has 2 unspecified atom stereocenters. The lowest BCUT2D eigenvalue weighted by molar-refractivity contribution is 0.0530. The molecule has 0 bridgehead atoms. The van der Waals surface area contributed by atoms with Gasteiger partial charge < -0.3 is 10.4 Å². The van der Waals surface area contributed by atoms with Gasteiger partial charge in [-0.1, -0.05) is 6.07 Å². The van der Waals surface area contributed by atoms with E-state index < -0.39 is 5.60 Å². The number of fused-ring (bicyclic) bond motifs is 1. The second-order valence-electron chi connectivity index (χ2n) is 6.35. The van der Waals surface area contributed by atoms with E-state index in [1.807, 2.05) is 19.3 Å². The van der Waals surface area contributed by atoms with E-state index in [2.05, 4.69) is 10.4 Å². The van der Waals surface area contributed by atoms with Crippen LogP contribution < -0.4 is 5.32 Å². The molecule has 0 saturated carbocycles. The van der Waals surface area contributed by atoms with Crippen LogP contribution in [-0.2, 0) is 19.1 Å². The van der Waals surface area contributed by atoms with Gasteiger partial charge >= 0.3 is 0 Å². The number of benzene rings is 1. The van der Waals surface area contributed by atoms with Crippen LogP contribution in [0.4, 0.5) is 4.39 Å². The second-order valence-corrected chi connectivity index (χ2v) is 6.35. The molecule has 1 aromatic carbocycles. The van der Waals surface area contributed by atoms with Gasteiger partial charge in [-0.2, -0.15) is 5.10 Å². The standard InChI is InChI=1S/C17H22FN3O/c1-17(22,13-9-20-21(2)10-13)11-19-16-5-3-4-12-8-14(18)6-7-15(12)16/h6-10,16,19,22H,3-5,11H2,1-2H3. The molecule has 0 radical (unpaired) electrons. The number of aromatic nitrogens is 2. The predicted octanol–water partition coefficient (Wildman–Crippen LogP) is 2.43. The molecular weight excluding hydrogens is 281 g/mol. The first-order valence-electron chi connectivity index (χ1n) is 7.69. The predicted molar refractivity (Wildman–Crippen MR) is 82.9 cm³/mol. The molecule has 2 atom stereocenters. The van der Waals surface area contributed by atoms with Crippen molar-refractivity contribution in [2.45, 2.75) is 37.8 Å². The summed E-state index contributed by atoms with van der Waals surface area (Å²) in [6.45, 7) is 2.21. The smallest absolute Gasteiger partial charge is 0.123 e. The lowest BCUT2D eigenvalue weighted by atomic mass is 9.87. The van der Waals surface area contributed by atoms with E-state index in [4.69, 9.17) is 0 Å². The summed E-state index contributed by atoms with van der Waals surface area (Å²) >= 11 is 0. The van der Waals surface area contributed by atoms with Crippen molar-refractivity contribution in [3.05, 3.63) is 53.1 Å². The van der Waals surface area contributed by atoms with Gasteiger partial charge in [0.05, 0.1) is 6.20 Å². The Morgan fingerprint density at radius 3 is 3.05 bits per heavy atom. The SMILES string of the molecule is Cn1cc(C(C)(O)CNC2CCCc3cc(F)ccc32)cn1. The Kier molecular flexibility index (Phi) is 4.02. The highest BCUT2D eigenvalue weighted by atomic mass is 19.1. The third-order valence-corrected chi connectivity index (χ3v) is 4.44. The molecule has 3 rings (SSSR count). The van der Waals surface area contributed by atoms with Crippen molar-refractivity contribution in [2.24, 2.45) is 7.05 Å². The molecule has 2 N–H and O–H groups in total. The Hall–Kier alpha value is -1.72. The minimum atomic E-state index is -0.980. The van der Waals surface area contributed by atoms with Crippen LogP contribution in [-0.4, -0.2) is 21.4 Å². The van der Waals surface area contributed by atoms with Crippen LogP contribution in [0.5, 0.6) is 0 Å². The Balaban J connectivity index is 1.72. The zero-order valence-corrected chi connectivity index (χ0v) is 13.0. The summed E-state index contributed by atoms with van der Waals surface area (Å²) in [5.74, 6) is -0.179. The van der Waals surface area contributed by atoms with Gasteiger partial charge in [-0.3, -0.25) is 4.68 Å². The van der Waals surface area contributed by atoms with Gasteiger partial charge in [0.2, 0.25) is 0 Å². The monoisotopic (exact) mass is 303 g/mol. The summed E-state index contributed by atoms with van der Waals surface area (Å²) in [6.07, 6.45) is 6.47. The van der Waals surface area contributed by atoms with Crippen molar-refractivity contribution in [1.82, 2.24) is 15.1 Å². The van der Waals surface area contributed by atoms with Crippen molar-refractivity contribution in [2.75, 3.05) is 6.54 Å². The number of nitrogens with one attached hydrogen (secondary N) is 1. The van der Waals surface area contributed by atoms with E-state index in [0.717, 1.165) is 36.0 Å². The van der Waals surface area contributed by atoms with Gasteiger partial charge in [0.25, 0.3) is 0 Å². The van der Waals surface area contributed by atoms with Gasteiger partial charge in [0.1, 0.15) is 11.4 Å². The highest BCUT2D eigenvalue weighted by Gasteiger charge is 2.27. The molecule has 0 amide bonds. The fourth-order valence-corrected chi connectivity index (χ4v) is 3.12. The van der Waals surface area contributed by atoms with Gasteiger partial charge in [-0.15, -0.1) is 0 Å². The minimum Gasteiger partial charge on any atom is -0.384 e. The van der Waals surface area contributed by atoms with E-state index in [1.54, 1.807) is 23.9 Å². The summed E-state index contributed by atoms with van der Waals surface area (Å²) in [6, 6.07) is 5.16. The van der Waals surface area contributed by atoms with Crippen LogP contribution in [0.1, 0.15) is 42.5 Å². The Bertz CT molecular complexity index is 666. The number of halogens is 1. The Morgan fingerprint density at radius 2 is 2.32 bits per heavy atom. The summed E-state index contributed by atoms with van der Waals surface area (Å²) in [4.78, 5) is 0. The average Bonchev–Trinajstić information content (AvgIpc) is 2.92. The molecule has 1 heterocycles. The molecule has 118 valence electrons. The molecule has 22 heavy (non-hydrogen) atoms. The fraction of sp³-hybridized carbons (Fsp3) is 0.471. The van der Waals surface area contributed by atoms with E-state index in [0.29, 0.717) is 6.54 Å². The molecular formula is C17H22FN3O. The first kappa shape index (κ1) is 15.2. The van der Waals surface area contributed by atoms with Crippen LogP contribution in [0.15, 0.2) is 30.6 Å². The van der Waals surface area contributed by atoms with Crippen molar-refractivity contribution in [3.8, 4) is 0 Å². The van der Waals surface area contributed by atoms with Crippen molar-refractivity contribution in [1.29, 1.82) is 0 Å². The van der Waals surface area contributed by atoms with Gasteiger partial charge in [-0.05, 0) is 49.4 Å². The Labute approximate surface area is 130 Å². The first-order chi connectivity index (χ1) is 10.5. The largest absolute Gasteiger partial charge is 0.384 e. The molecule has 0 saturated heterocycles. The molecule has 1 aromatic heterocycles. The van der Waals surface area contributed by atoms with E-state index in [-0.39, 0.29) is 11.9 Å². The molecule has 4 nitrogen and oxygen atoms in total. The highest BCUT2D eigenvalue weighted by Crippen LogP contribution is 2.31. The lowest BCUT2D eigenvalue weighted by Crippen LogP contribution is -2.38. The zero-order chi connectivity index (χ0) is 15.7. The van der Waals surface area contributed by atoms with Crippen molar-refractivity contribution < 1.29 is 9.50 Å². The third kappa shape index (κ3) is 3.05. The van der Waals surface area contributed by atoms with Crippen LogP contribution in [0, 0.1) is 5.82 Å². The molecule has 1 aliphatic rings. The molecule has 2 aromatic rings. The summed E-state index contributed by atoms with van der Waals surface area (Å²) in [7, 11) is 1.83. The average molecular weight is 303 g/mol. The number of hydrogen-bond acceptors (Lipinski definition) is 3. The molecule has 0 aliphatic heterocycles. The molecule has 1 aliphatic carbocycles. The molecule has 0 fully saturated rings. The Morgan fingerprint density at radius 1 is 1.50 bits per heavy atom. The van der Waals surface area contributed by atoms with E-state index in [9.17, 15) is 9.50 Å². The maximum atomic E-state index is 13.4. The van der Waals surface area contributed by atoms with E-state index in [1.165, 1.54) is 6.07 Å². The molecule has 5 heteroatoms. The second kappa shape index (κ2) is 5.82. The maximum Gasteiger partial charge on any atom is 0.123 e. The van der Waals surface area contributed by atoms with Gasteiger partial charge in [-0.25, -0.2) is 4.39 Å². The normalized spacial score (nSPS) is 20.5. The van der Waals surface area contributed by atoms with E-state index >= 15 is 0 Å². The van der Waals surface area contributed by atoms with Crippen LogP contribution in [0.25, 0.3) is 0 Å². The molecule has 0 spiro atoms. The van der Waals surface area contributed by atoms with Crippen molar-refractivity contribution in [3.63, 3.8) is 0 Å². The zero-order valence-electron chi connectivity index (χ0n) is 13.0. The minimum absolute atomic E-state index is 0.160. The van der Waals surface area contributed by atoms with Crippen LogP contribution in [0.3, 0.4) is 0 Å². The summed E-state index contributed by atoms with van der Waals surface area (Å²) < 4.78 is 15.0. The van der Waals surface area contributed by atoms with Crippen molar-refractivity contribution >= 4 is 0 Å². The highest BCUT2D eigenvalue weighted by molar-refractivity contribution is 5.33. The van der Waals surface area contributed by atoms with Gasteiger partial charge in [0, 0.05) is 31.4 Å². The number of hydrogen-bond donors (Lipinski definition) is 2.